The molecule has 0 aromatic carbocycles. The van der Waals surface area contributed by atoms with E-state index in [1.54, 1.807) is 6.08 Å². The third-order valence-corrected chi connectivity index (χ3v) is 5.83. The summed E-state index contributed by atoms with van der Waals surface area (Å²) in [6, 6.07) is 0. The lowest BCUT2D eigenvalue weighted by Crippen LogP contribution is -2.38. The minimum atomic E-state index is -0.358. The van der Waals surface area contributed by atoms with Gasteiger partial charge >= 0.3 is 0 Å². The fraction of sp³-hybridized carbons (Fsp3) is 0.444. The van der Waals surface area contributed by atoms with Crippen LogP contribution in [0.15, 0.2) is 35.4 Å². The minimum Gasteiger partial charge on any atom is -0.368 e. The highest BCUT2D eigenvalue weighted by molar-refractivity contribution is 14.1. The number of aryl methyl sites for hydroxylation is 1. The van der Waals surface area contributed by atoms with E-state index in [1.165, 1.54) is 6.08 Å². The maximum absolute atomic E-state index is 14.8. The Morgan fingerprint density at radius 3 is 2.85 bits per heavy atom. The fourth-order valence-electron chi connectivity index (χ4n) is 3.25. The average molecular weight is 471 g/mol. The Hall–Kier alpha value is -1.68. The number of likely N-dealkylation sites (tertiary alicyclic amines) is 1. The monoisotopic (exact) mass is 471 g/mol. The molecule has 1 saturated heterocycles. The molecule has 26 heavy (non-hydrogen) atoms. The summed E-state index contributed by atoms with van der Waals surface area (Å²) in [4.78, 5) is 21.8. The molecule has 1 aliphatic heterocycles. The van der Waals surface area contributed by atoms with Crippen molar-refractivity contribution in [1.29, 1.82) is 0 Å². The van der Waals surface area contributed by atoms with Crippen LogP contribution in [0, 0.1) is 16.5 Å². The van der Waals surface area contributed by atoms with Crippen molar-refractivity contribution >= 4 is 28.5 Å². The third-order valence-electron chi connectivity index (χ3n) is 4.78. The number of hydrogen-bond acceptors (Lipinski definition) is 4. The molecule has 0 atom stereocenters. The molecule has 1 aliphatic carbocycles. The van der Waals surface area contributed by atoms with Gasteiger partial charge in [0.05, 0.1) is 5.70 Å². The number of halogens is 2. The first-order chi connectivity index (χ1) is 12.5. The summed E-state index contributed by atoms with van der Waals surface area (Å²) in [6.07, 6.45) is 7.28. The van der Waals surface area contributed by atoms with Gasteiger partial charge in [-0.2, -0.15) is 0 Å². The van der Waals surface area contributed by atoms with E-state index in [4.69, 9.17) is 5.73 Å². The number of amides is 1. The molecule has 0 spiro atoms. The molecule has 3 rings (SSSR count). The number of carbonyl (C=O) groups is 1. The number of H-pyrrole nitrogens is 1. The Kier molecular flexibility index (Phi) is 6.13. The minimum absolute atomic E-state index is 0.234. The Bertz CT molecular complexity index is 755. The van der Waals surface area contributed by atoms with Crippen LogP contribution in [0.3, 0.4) is 0 Å². The summed E-state index contributed by atoms with van der Waals surface area (Å²) >= 11 is 2.07. The maximum Gasteiger partial charge on any atom is 0.291 e. The lowest BCUT2D eigenvalue weighted by Gasteiger charge is -2.35. The van der Waals surface area contributed by atoms with Gasteiger partial charge in [-0.15, -0.1) is 0 Å². The van der Waals surface area contributed by atoms with Gasteiger partial charge in [0, 0.05) is 30.9 Å². The van der Waals surface area contributed by atoms with Crippen LogP contribution in [0.5, 0.6) is 0 Å². The second kappa shape index (κ2) is 8.34. The summed E-state index contributed by atoms with van der Waals surface area (Å²) in [5.74, 6) is 0.0288. The average Bonchev–Trinajstić information content (AvgIpc) is 2.87. The summed E-state index contributed by atoms with van der Waals surface area (Å²) < 4.78 is 15.5. The lowest BCUT2D eigenvalue weighted by atomic mass is 9.96. The summed E-state index contributed by atoms with van der Waals surface area (Å²) in [7, 11) is 0. The number of nitrogens with zero attached hydrogens (tertiary/aromatic N) is 2. The van der Waals surface area contributed by atoms with Gasteiger partial charge in [0.2, 0.25) is 0 Å². The Balaban J connectivity index is 1.85. The van der Waals surface area contributed by atoms with Crippen LogP contribution in [0.25, 0.3) is 0 Å². The quantitative estimate of drug-likeness (QED) is 0.590. The zero-order valence-corrected chi connectivity index (χ0v) is 16.8. The number of imidazole rings is 1. The number of allylic oxidation sites excluding steroid dienone is 4. The van der Waals surface area contributed by atoms with Crippen molar-refractivity contribution in [1.82, 2.24) is 20.2 Å². The summed E-state index contributed by atoms with van der Waals surface area (Å²) in [6.45, 7) is 3.98. The van der Waals surface area contributed by atoms with Crippen molar-refractivity contribution in [3.8, 4) is 0 Å². The number of nitrogens with two attached hydrogens (primary N) is 1. The number of rotatable bonds is 4. The number of hydrogen-bond donors (Lipinski definition) is 3. The molecule has 1 fully saturated rings. The van der Waals surface area contributed by atoms with Crippen molar-refractivity contribution < 1.29 is 9.18 Å². The first kappa shape index (κ1) is 19.1. The summed E-state index contributed by atoms with van der Waals surface area (Å²) in [5, 5.41) is 2.86. The largest absolute Gasteiger partial charge is 0.368 e. The standard InChI is InChI=1S/C18H23FIN5O/c1-11-16(20)24-17(22-11)18(26)23-14-5-3-2-4-13(19)15(14)25-8-6-12(10-21)7-9-25/h2-4,12H,5-10,21H2,1H3,(H,22,24)(H,23,26). The van der Waals surface area contributed by atoms with E-state index in [2.05, 4.69) is 37.9 Å². The number of nitrogens with one attached hydrogen (secondary N) is 2. The van der Waals surface area contributed by atoms with E-state index >= 15 is 0 Å². The fourth-order valence-corrected chi connectivity index (χ4v) is 3.62. The van der Waals surface area contributed by atoms with Crippen molar-refractivity contribution in [2.75, 3.05) is 19.6 Å². The van der Waals surface area contributed by atoms with Crippen molar-refractivity contribution in [3.63, 3.8) is 0 Å². The molecule has 6 nitrogen and oxygen atoms in total. The molecule has 1 aromatic rings. The maximum atomic E-state index is 14.8. The molecule has 1 aromatic heterocycles. The molecule has 0 bridgehead atoms. The van der Waals surface area contributed by atoms with Crippen LogP contribution < -0.4 is 11.1 Å². The second-order valence-corrected chi connectivity index (χ2v) is 7.62. The highest BCUT2D eigenvalue weighted by Gasteiger charge is 2.26. The molecule has 0 saturated carbocycles. The van der Waals surface area contributed by atoms with Gasteiger partial charge in [-0.1, -0.05) is 12.2 Å². The van der Waals surface area contributed by atoms with Gasteiger partial charge < -0.3 is 20.9 Å². The highest BCUT2D eigenvalue weighted by atomic mass is 127. The van der Waals surface area contributed by atoms with Crippen molar-refractivity contribution in [2.24, 2.45) is 11.7 Å². The van der Waals surface area contributed by atoms with Crippen LogP contribution in [-0.2, 0) is 0 Å². The normalized spacial score (nSPS) is 18.8. The predicted octanol–water partition coefficient (Wildman–Crippen LogP) is 2.75. The molecule has 140 valence electrons. The van der Waals surface area contributed by atoms with Crippen molar-refractivity contribution in [3.05, 3.63) is 50.7 Å². The van der Waals surface area contributed by atoms with Gasteiger partial charge in [-0.25, -0.2) is 9.37 Å². The molecule has 0 radical (unpaired) electrons. The van der Waals surface area contributed by atoms with Gasteiger partial charge in [-0.05, 0) is 60.9 Å². The van der Waals surface area contributed by atoms with Crippen molar-refractivity contribution in [2.45, 2.75) is 26.2 Å². The second-order valence-electron chi connectivity index (χ2n) is 6.60. The number of aromatic amines is 1. The van der Waals surface area contributed by atoms with E-state index in [-0.39, 0.29) is 17.6 Å². The number of piperidine rings is 1. The highest BCUT2D eigenvalue weighted by Crippen LogP contribution is 2.29. The third kappa shape index (κ3) is 4.17. The van der Waals surface area contributed by atoms with Gasteiger partial charge in [0.1, 0.15) is 9.53 Å². The first-order valence-electron chi connectivity index (χ1n) is 8.74. The Morgan fingerprint density at radius 2 is 2.23 bits per heavy atom. The SMILES string of the molecule is Cc1[nH]c(C(=O)NC2=C(N3CCC(CN)CC3)C(F)=CC=CC2)nc1I. The predicted molar refractivity (Wildman–Crippen MR) is 107 cm³/mol. The molecule has 2 heterocycles. The van der Waals surface area contributed by atoms with Gasteiger partial charge in [0.15, 0.2) is 5.82 Å². The Labute approximate surface area is 165 Å². The van der Waals surface area contributed by atoms with E-state index in [9.17, 15) is 9.18 Å². The zero-order chi connectivity index (χ0) is 18.7. The molecular formula is C18H23FIN5O. The number of aromatic nitrogens is 2. The smallest absolute Gasteiger partial charge is 0.291 e. The van der Waals surface area contributed by atoms with E-state index in [0.717, 1.165) is 35.3 Å². The Morgan fingerprint density at radius 1 is 1.50 bits per heavy atom. The molecule has 1 amide bonds. The van der Waals surface area contributed by atoms with E-state index in [1.807, 2.05) is 17.9 Å². The molecule has 4 N–H and O–H groups in total. The number of carbonyl (C=O) groups excluding carboxylic acids is 1. The van der Waals surface area contributed by atoms with Gasteiger partial charge in [0.25, 0.3) is 5.91 Å². The first-order valence-corrected chi connectivity index (χ1v) is 9.81. The van der Waals surface area contributed by atoms with Crippen LogP contribution in [-0.4, -0.2) is 40.4 Å². The van der Waals surface area contributed by atoms with E-state index < -0.39 is 0 Å². The van der Waals surface area contributed by atoms with Crippen LogP contribution >= 0.6 is 22.6 Å². The summed E-state index contributed by atoms with van der Waals surface area (Å²) in [5.41, 5.74) is 7.62. The molecule has 2 aliphatic rings. The van der Waals surface area contributed by atoms with Crippen LogP contribution in [0.1, 0.15) is 35.6 Å². The topological polar surface area (TPSA) is 87.0 Å². The van der Waals surface area contributed by atoms with Crippen LogP contribution in [0.4, 0.5) is 4.39 Å². The molecular weight excluding hydrogens is 448 g/mol. The molecule has 8 heteroatoms. The van der Waals surface area contributed by atoms with E-state index in [0.29, 0.717) is 30.3 Å². The molecule has 0 unspecified atom stereocenters. The lowest BCUT2D eigenvalue weighted by molar-refractivity contribution is 0.0953. The van der Waals surface area contributed by atoms with Crippen LogP contribution in [0.2, 0.25) is 0 Å². The van der Waals surface area contributed by atoms with Gasteiger partial charge in [-0.3, -0.25) is 4.79 Å². The zero-order valence-electron chi connectivity index (χ0n) is 14.7.